The van der Waals surface area contributed by atoms with E-state index in [9.17, 15) is 18.0 Å². The van der Waals surface area contributed by atoms with Gasteiger partial charge in [0.25, 0.3) is 0 Å². The van der Waals surface area contributed by atoms with Crippen LogP contribution in [0.15, 0.2) is 34.0 Å². The smallest absolute Gasteiger partial charge is 0.451 e. The molecule has 3 aromatic rings. The van der Waals surface area contributed by atoms with Crippen molar-refractivity contribution in [2.24, 2.45) is 7.05 Å². The lowest BCUT2D eigenvalue weighted by Gasteiger charge is -2.11. The zero-order valence-corrected chi connectivity index (χ0v) is 16.6. The summed E-state index contributed by atoms with van der Waals surface area (Å²) in [5.74, 6) is -0.506. The number of Topliss-reactive ketones (excluding diaryl/α,β-unsaturated/α-hetero) is 1. The Morgan fingerprint density at radius 1 is 1.32 bits per heavy atom. The van der Waals surface area contributed by atoms with Crippen LogP contribution in [0.5, 0.6) is 0 Å². The van der Waals surface area contributed by atoms with Gasteiger partial charge in [0.2, 0.25) is 5.82 Å². The monoisotopic (exact) mass is 412 g/mol. The van der Waals surface area contributed by atoms with Crippen molar-refractivity contribution in [2.75, 3.05) is 0 Å². The maximum Gasteiger partial charge on any atom is 0.451 e. The van der Waals surface area contributed by atoms with Crippen molar-refractivity contribution in [3.05, 3.63) is 53.0 Å². The number of ketones is 1. The summed E-state index contributed by atoms with van der Waals surface area (Å²) >= 11 is 0.951. The molecule has 150 valence electrons. The highest BCUT2D eigenvalue weighted by atomic mass is 32.2. The minimum absolute atomic E-state index is 0.0394. The second kappa shape index (κ2) is 7.50. The molecule has 10 heteroatoms. The molecule has 0 aliphatic heterocycles. The lowest BCUT2D eigenvalue weighted by Crippen LogP contribution is -2.17. The van der Waals surface area contributed by atoms with Gasteiger partial charge in [-0.3, -0.25) is 4.79 Å². The first-order chi connectivity index (χ1) is 13.1. The summed E-state index contributed by atoms with van der Waals surface area (Å²) in [4.78, 5) is 12.9. The van der Waals surface area contributed by atoms with E-state index >= 15 is 0 Å². The number of aryl methyl sites for hydroxylation is 1. The van der Waals surface area contributed by atoms with Crippen molar-refractivity contribution in [1.29, 1.82) is 0 Å². The van der Waals surface area contributed by atoms with Gasteiger partial charge in [0.05, 0.1) is 18.1 Å². The SMILES string of the molecule is Cc1cc(C(=O)[C@H](C)Sc2nnc(C(F)(F)F)n2C)c(C)n1Cc1ccco1. The maximum atomic E-state index is 12.9. The molecule has 0 radical (unpaired) electrons. The van der Waals surface area contributed by atoms with Gasteiger partial charge in [0.15, 0.2) is 10.9 Å². The molecule has 0 amide bonds. The number of carbonyl (C=O) groups is 1. The molecule has 0 fully saturated rings. The number of thioether (sulfide) groups is 1. The summed E-state index contributed by atoms with van der Waals surface area (Å²) in [6.07, 6.45) is -3.01. The van der Waals surface area contributed by atoms with Crippen LogP contribution in [0.1, 0.15) is 40.3 Å². The number of hydrogen-bond donors (Lipinski definition) is 0. The van der Waals surface area contributed by atoms with Crippen LogP contribution in [0.25, 0.3) is 0 Å². The standard InChI is InChI=1S/C18H19F3N4O2S/c1-10-8-14(11(2)25(10)9-13-6-5-7-27-13)15(26)12(3)28-17-23-22-16(24(17)4)18(19,20)21/h5-8,12H,9H2,1-4H3/t12-/m0/s1. The van der Waals surface area contributed by atoms with Crippen LogP contribution < -0.4 is 0 Å². The van der Waals surface area contributed by atoms with Crippen LogP contribution in [0.3, 0.4) is 0 Å². The Hall–Kier alpha value is -2.49. The van der Waals surface area contributed by atoms with Gasteiger partial charge in [0.1, 0.15) is 5.76 Å². The minimum Gasteiger partial charge on any atom is -0.467 e. The van der Waals surface area contributed by atoms with E-state index in [1.54, 1.807) is 25.3 Å². The predicted octanol–water partition coefficient (Wildman–Crippen LogP) is 4.26. The van der Waals surface area contributed by atoms with Gasteiger partial charge in [-0.2, -0.15) is 13.2 Å². The molecule has 3 rings (SSSR count). The molecule has 0 N–H and O–H groups in total. The van der Waals surface area contributed by atoms with E-state index in [0.29, 0.717) is 12.1 Å². The van der Waals surface area contributed by atoms with Crippen LogP contribution in [0.4, 0.5) is 13.2 Å². The van der Waals surface area contributed by atoms with Crippen molar-refractivity contribution in [1.82, 2.24) is 19.3 Å². The van der Waals surface area contributed by atoms with Gasteiger partial charge in [-0.1, -0.05) is 11.8 Å². The van der Waals surface area contributed by atoms with Gasteiger partial charge in [-0.15, -0.1) is 10.2 Å². The molecular weight excluding hydrogens is 393 g/mol. The molecule has 0 spiro atoms. The number of aromatic nitrogens is 4. The summed E-state index contributed by atoms with van der Waals surface area (Å²) in [6.45, 7) is 5.87. The van der Waals surface area contributed by atoms with E-state index < -0.39 is 17.3 Å². The van der Waals surface area contributed by atoms with Crippen molar-refractivity contribution < 1.29 is 22.4 Å². The number of rotatable bonds is 6. The molecule has 0 unspecified atom stereocenters. The maximum absolute atomic E-state index is 12.9. The minimum atomic E-state index is -4.59. The quantitative estimate of drug-likeness (QED) is 0.447. The average Bonchev–Trinajstić information content (AvgIpc) is 3.31. The van der Waals surface area contributed by atoms with Crippen LogP contribution in [-0.4, -0.2) is 30.4 Å². The molecule has 0 bridgehead atoms. The normalized spacial score (nSPS) is 13.1. The highest BCUT2D eigenvalue weighted by molar-refractivity contribution is 8.00. The lowest BCUT2D eigenvalue weighted by atomic mass is 10.1. The summed E-state index contributed by atoms with van der Waals surface area (Å²) in [7, 11) is 1.23. The van der Waals surface area contributed by atoms with Crippen molar-refractivity contribution in [3.63, 3.8) is 0 Å². The fraction of sp³-hybridized carbons (Fsp3) is 0.389. The first-order valence-electron chi connectivity index (χ1n) is 8.46. The van der Waals surface area contributed by atoms with Crippen LogP contribution in [-0.2, 0) is 19.8 Å². The lowest BCUT2D eigenvalue weighted by molar-refractivity contribution is -0.147. The fourth-order valence-corrected chi connectivity index (χ4v) is 3.83. The molecule has 3 heterocycles. The van der Waals surface area contributed by atoms with Crippen molar-refractivity contribution in [2.45, 2.75) is 43.9 Å². The second-order valence-electron chi connectivity index (χ2n) is 6.44. The summed E-state index contributed by atoms with van der Waals surface area (Å²) in [5.41, 5.74) is 2.20. The van der Waals surface area contributed by atoms with E-state index in [2.05, 4.69) is 10.2 Å². The highest BCUT2D eigenvalue weighted by Gasteiger charge is 2.38. The molecule has 6 nitrogen and oxygen atoms in total. The summed E-state index contributed by atoms with van der Waals surface area (Å²) in [5, 5.41) is 6.19. The van der Waals surface area contributed by atoms with Crippen molar-refractivity contribution >= 4 is 17.5 Å². The third-order valence-electron chi connectivity index (χ3n) is 4.47. The van der Waals surface area contributed by atoms with Gasteiger partial charge in [0, 0.05) is 24.0 Å². The van der Waals surface area contributed by atoms with Crippen LogP contribution >= 0.6 is 11.8 Å². The number of furan rings is 1. The topological polar surface area (TPSA) is 65.8 Å². The summed E-state index contributed by atoms with van der Waals surface area (Å²) < 4.78 is 46.8. The third kappa shape index (κ3) is 3.87. The van der Waals surface area contributed by atoms with E-state index in [1.807, 2.05) is 24.5 Å². The molecule has 0 aromatic carbocycles. The predicted molar refractivity (Wildman–Crippen MR) is 97.4 cm³/mol. The van der Waals surface area contributed by atoms with Crippen molar-refractivity contribution in [3.8, 4) is 0 Å². The van der Waals surface area contributed by atoms with E-state index in [0.717, 1.165) is 33.5 Å². The third-order valence-corrected chi connectivity index (χ3v) is 5.61. The fourth-order valence-electron chi connectivity index (χ4n) is 2.95. The van der Waals surface area contributed by atoms with E-state index in [1.165, 1.54) is 7.05 Å². The van der Waals surface area contributed by atoms with Gasteiger partial charge in [-0.25, -0.2) is 0 Å². The largest absolute Gasteiger partial charge is 0.467 e. The van der Waals surface area contributed by atoms with Crippen LogP contribution in [0, 0.1) is 13.8 Å². The number of alkyl halides is 3. The number of nitrogens with zero attached hydrogens (tertiary/aromatic N) is 4. The Morgan fingerprint density at radius 2 is 2.04 bits per heavy atom. The van der Waals surface area contributed by atoms with Crippen LogP contribution in [0.2, 0.25) is 0 Å². The number of halogens is 3. The van der Waals surface area contributed by atoms with E-state index in [-0.39, 0.29) is 10.9 Å². The molecule has 0 saturated heterocycles. The first kappa shape index (κ1) is 20.2. The average molecular weight is 412 g/mol. The Labute approximate surface area is 163 Å². The Morgan fingerprint density at radius 3 is 2.61 bits per heavy atom. The zero-order chi connectivity index (χ0) is 20.6. The first-order valence-corrected chi connectivity index (χ1v) is 9.34. The Bertz CT molecular complexity index is 990. The van der Waals surface area contributed by atoms with Gasteiger partial charge >= 0.3 is 6.18 Å². The number of carbonyl (C=O) groups excluding carboxylic acids is 1. The van der Waals surface area contributed by atoms with E-state index in [4.69, 9.17) is 4.42 Å². The Balaban J connectivity index is 1.80. The summed E-state index contributed by atoms with van der Waals surface area (Å²) in [6, 6.07) is 5.44. The molecule has 28 heavy (non-hydrogen) atoms. The molecule has 0 aliphatic carbocycles. The molecular formula is C18H19F3N4O2S. The number of hydrogen-bond acceptors (Lipinski definition) is 5. The Kier molecular flexibility index (Phi) is 5.42. The molecule has 0 saturated carbocycles. The van der Waals surface area contributed by atoms with Gasteiger partial charge < -0.3 is 13.6 Å². The molecule has 3 aromatic heterocycles. The van der Waals surface area contributed by atoms with Gasteiger partial charge in [-0.05, 0) is 39.0 Å². The second-order valence-corrected chi connectivity index (χ2v) is 7.75. The highest BCUT2D eigenvalue weighted by Crippen LogP contribution is 2.32. The molecule has 1 atom stereocenters. The molecule has 0 aliphatic rings. The zero-order valence-electron chi connectivity index (χ0n) is 15.7.